The average Bonchev–Trinajstić information content (AvgIpc) is 2.68. The van der Waals surface area contributed by atoms with Crippen molar-refractivity contribution in [2.24, 2.45) is 0 Å². The van der Waals surface area contributed by atoms with Crippen LogP contribution in [0.4, 0.5) is 15.9 Å². The molecule has 0 atom stereocenters. The van der Waals surface area contributed by atoms with Crippen molar-refractivity contribution in [3.05, 3.63) is 83.6 Å². The van der Waals surface area contributed by atoms with E-state index in [-0.39, 0.29) is 18.1 Å². The summed E-state index contributed by atoms with van der Waals surface area (Å²) in [5.41, 5.74) is 1.57. The van der Waals surface area contributed by atoms with Crippen LogP contribution in [-0.2, 0) is 6.54 Å². The molecule has 3 aromatic rings. The minimum Gasteiger partial charge on any atom is -0.346 e. The maximum atomic E-state index is 13.6. The highest BCUT2D eigenvalue weighted by Gasteiger charge is 2.10. The van der Waals surface area contributed by atoms with Crippen LogP contribution < -0.4 is 10.6 Å². The number of nitrogens with zero attached hydrogens (tertiary/aromatic N) is 3. The SMILES string of the molecule is N#Cc1ccccc1Nc1cnc(C(=O)NCc2ccccc2F)cn1. The number of nitrogens with one attached hydrogen (secondary N) is 2. The zero-order valence-electron chi connectivity index (χ0n) is 13.6. The van der Waals surface area contributed by atoms with Gasteiger partial charge in [0.1, 0.15) is 23.4 Å². The summed E-state index contributed by atoms with van der Waals surface area (Å²) in [5.74, 6) is -0.433. The van der Waals surface area contributed by atoms with Crippen molar-refractivity contribution in [2.45, 2.75) is 6.54 Å². The molecule has 6 nitrogen and oxygen atoms in total. The van der Waals surface area contributed by atoms with Gasteiger partial charge in [0, 0.05) is 12.1 Å². The molecule has 1 amide bonds. The standard InChI is InChI=1S/C19H14FN5O/c20-15-7-3-1-6-14(15)10-24-19(26)17-11-23-18(12-22-17)25-16-8-4-2-5-13(16)9-21/h1-8,11-12H,10H2,(H,23,25)(H,24,26). The highest BCUT2D eigenvalue weighted by molar-refractivity contribution is 5.92. The lowest BCUT2D eigenvalue weighted by molar-refractivity contribution is 0.0945. The van der Waals surface area contributed by atoms with Gasteiger partial charge in [0.15, 0.2) is 0 Å². The Kier molecular flexibility index (Phi) is 5.15. The molecule has 2 N–H and O–H groups in total. The van der Waals surface area contributed by atoms with E-state index in [2.05, 4.69) is 26.7 Å². The average molecular weight is 347 g/mol. The molecule has 0 radical (unpaired) electrons. The maximum Gasteiger partial charge on any atom is 0.271 e. The second-order valence-corrected chi connectivity index (χ2v) is 5.34. The number of benzene rings is 2. The first kappa shape index (κ1) is 17.0. The molecular weight excluding hydrogens is 333 g/mol. The normalized spacial score (nSPS) is 10.0. The van der Waals surface area contributed by atoms with E-state index in [4.69, 9.17) is 5.26 Å². The van der Waals surface area contributed by atoms with Crippen LogP contribution in [0.5, 0.6) is 0 Å². The highest BCUT2D eigenvalue weighted by atomic mass is 19.1. The van der Waals surface area contributed by atoms with Crippen LogP contribution in [0, 0.1) is 17.1 Å². The van der Waals surface area contributed by atoms with Crippen molar-refractivity contribution >= 4 is 17.4 Å². The van der Waals surface area contributed by atoms with Crippen LogP contribution in [0.25, 0.3) is 0 Å². The molecule has 0 saturated heterocycles. The van der Waals surface area contributed by atoms with E-state index in [1.165, 1.54) is 18.5 Å². The van der Waals surface area contributed by atoms with Gasteiger partial charge in [-0.1, -0.05) is 30.3 Å². The Morgan fingerprint density at radius 2 is 1.85 bits per heavy atom. The number of para-hydroxylation sites is 1. The van der Waals surface area contributed by atoms with E-state index >= 15 is 0 Å². The minimum absolute atomic E-state index is 0.0583. The second kappa shape index (κ2) is 7.85. The van der Waals surface area contributed by atoms with E-state index < -0.39 is 5.91 Å². The predicted molar refractivity (Wildman–Crippen MR) is 94.0 cm³/mol. The molecule has 1 aromatic heterocycles. The van der Waals surface area contributed by atoms with Crippen molar-refractivity contribution in [2.75, 3.05) is 5.32 Å². The number of anilines is 2. The summed E-state index contributed by atoms with van der Waals surface area (Å²) in [4.78, 5) is 20.3. The number of rotatable bonds is 5. The number of nitriles is 1. The first-order chi connectivity index (χ1) is 12.7. The van der Waals surface area contributed by atoms with Crippen molar-refractivity contribution < 1.29 is 9.18 Å². The molecule has 0 bridgehead atoms. The Hall–Kier alpha value is -3.79. The van der Waals surface area contributed by atoms with Gasteiger partial charge < -0.3 is 10.6 Å². The number of halogens is 1. The van der Waals surface area contributed by atoms with Crippen LogP contribution in [0.3, 0.4) is 0 Å². The summed E-state index contributed by atoms with van der Waals surface area (Å²) < 4.78 is 13.6. The smallest absolute Gasteiger partial charge is 0.271 e. The van der Waals surface area contributed by atoms with E-state index in [1.807, 2.05) is 0 Å². The summed E-state index contributed by atoms with van der Waals surface area (Å²) in [6.07, 6.45) is 2.71. The van der Waals surface area contributed by atoms with E-state index in [0.717, 1.165) is 0 Å². The molecule has 2 aromatic carbocycles. The molecule has 0 unspecified atom stereocenters. The molecule has 7 heteroatoms. The van der Waals surface area contributed by atoms with Crippen molar-refractivity contribution in [1.29, 1.82) is 5.26 Å². The summed E-state index contributed by atoms with van der Waals surface area (Å²) in [5, 5.41) is 14.7. The van der Waals surface area contributed by atoms with E-state index in [0.29, 0.717) is 22.6 Å². The summed E-state index contributed by atoms with van der Waals surface area (Å²) >= 11 is 0. The quantitative estimate of drug-likeness (QED) is 0.740. The fraction of sp³-hybridized carbons (Fsp3) is 0.0526. The van der Waals surface area contributed by atoms with Gasteiger partial charge in [-0.2, -0.15) is 5.26 Å². The minimum atomic E-state index is -0.454. The van der Waals surface area contributed by atoms with Gasteiger partial charge in [0.05, 0.1) is 23.6 Å². The van der Waals surface area contributed by atoms with Crippen LogP contribution >= 0.6 is 0 Å². The Bertz CT molecular complexity index is 966. The number of carbonyl (C=O) groups is 1. The Morgan fingerprint density at radius 1 is 1.08 bits per heavy atom. The number of carbonyl (C=O) groups excluding carboxylic acids is 1. The molecular formula is C19H14FN5O. The van der Waals surface area contributed by atoms with Gasteiger partial charge in [-0.3, -0.25) is 4.79 Å². The number of hydrogen-bond acceptors (Lipinski definition) is 5. The van der Waals surface area contributed by atoms with Crippen LogP contribution in [0.2, 0.25) is 0 Å². The second-order valence-electron chi connectivity index (χ2n) is 5.34. The third-order valence-electron chi connectivity index (χ3n) is 3.59. The zero-order chi connectivity index (χ0) is 18.4. The molecule has 0 aliphatic carbocycles. The van der Waals surface area contributed by atoms with Crippen molar-refractivity contribution in [1.82, 2.24) is 15.3 Å². The molecule has 0 aliphatic heterocycles. The van der Waals surface area contributed by atoms with Gasteiger partial charge >= 0.3 is 0 Å². The predicted octanol–water partition coefficient (Wildman–Crippen LogP) is 3.16. The van der Waals surface area contributed by atoms with Crippen LogP contribution in [-0.4, -0.2) is 15.9 Å². The highest BCUT2D eigenvalue weighted by Crippen LogP contribution is 2.18. The summed E-state index contributed by atoms with van der Waals surface area (Å²) in [6.45, 7) is 0.0583. The largest absolute Gasteiger partial charge is 0.346 e. The van der Waals surface area contributed by atoms with Crippen molar-refractivity contribution in [3.63, 3.8) is 0 Å². The monoisotopic (exact) mass is 347 g/mol. The van der Waals surface area contributed by atoms with Crippen molar-refractivity contribution in [3.8, 4) is 6.07 Å². The van der Waals surface area contributed by atoms with Crippen LogP contribution in [0.15, 0.2) is 60.9 Å². The third-order valence-corrected chi connectivity index (χ3v) is 3.59. The van der Waals surface area contributed by atoms with Crippen LogP contribution in [0.1, 0.15) is 21.6 Å². The molecule has 0 saturated carbocycles. The Balaban J connectivity index is 1.65. The first-order valence-corrected chi connectivity index (χ1v) is 7.77. The zero-order valence-corrected chi connectivity index (χ0v) is 13.6. The Labute approximate surface area is 149 Å². The Morgan fingerprint density at radius 3 is 2.58 bits per heavy atom. The lowest BCUT2D eigenvalue weighted by Crippen LogP contribution is -2.24. The molecule has 3 rings (SSSR count). The van der Waals surface area contributed by atoms with E-state index in [1.54, 1.807) is 42.5 Å². The van der Waals surface area contributed by atoms with Gasteiger partial charge in [0.25, 0.3) is 5.91 Å². The lowest BCUT2D eigenvalue weighted by Gasteiger charge is -2.08. The fourth-order valence-corrected chi connectivity index (χ4v) is 2.25. The molecule has 1 heterocycles. The fourth-order valence-electron chi connectivity index (χ4n) is 2.25. The molecule has 0 aliphatic rings. The van der Waals surface area contributed by atoms with Gasteiger partial charge in [0.2, 0.25) is 0 Å². The summed E-state index contributed by atoms with van der Waals surface area (Å²) in [7, 11) is 0. The first-order valence-electron chi connectivity index (χ1n) is 7.77. The number of hydrogen-bond donors (Lipinski definition) is 2. The topological polar surface area (TPSA) is 90.7 Å². The van der Waals surface area contributed by atoms with Gasteiger partial charge in [-0.15, -0.1) is 0 Å². The van der Waals surface area contributed by atoms with Gasteiger partial charge in [-0.05, 0) is 18.2 Å². The third kappa shape index (κ3) is 3.99. The molecule has 0 fully saturated rings. The summed E-state index contributed by atoms with van der Waals surface area (Å²) in [6, 6.07) is 15.3. The lowest BCUT2D eigenvalue weighted by atomic mass is 10.2. The number of aromatic nitrogens is 2. The molecule has 0 spiro atoms. The molecule has 26 heavy (non-hydrogen) atoms. The number of amides is 1. The van der Waals surface area contributed by atoms with Gasteiger partial charge in [-0.25, -0.2) is 14.4 Å². The maximum absolute atomic E-state index is 13.6. The van der Waals surface area contributed by atoms with E-state index in [9.17, 15) is 9.18 Å². The molecule has 128 valence electrons.